The molecule has 1 unspecified atom stereocenters. The van der Waals surface area contributed by atoms with Crippen LogP contribution in [0.4, 0.5) is 0 Å². The number of thioether (sulfide) groups is 1. The van der Waals surface area contributed by atoms with Crippen molar-refractivity contribution in [3.63, 3.8) is 0 Å². The van der Waals surface area contributed by atoms with Gasteiger partial charge in [-0.15, -0.1) is 0 Å². The molecule has 2 aliphatic heterocycles. The average molecular weight is 500 g/mol. The van der Waals surface area contributed by atoms with Gasteiger partial charge in [0.05, 0.1) is 17.9 Å². The first-order valence-corrected chi connectivity index (χ1v) is 13.6. The van der Waals surface area contributed by atoms with Crippen molar-refractivity contribution in [1.29, 1.82) is 0 Å². The number of benzene rings is 2. The van der Waals surface area contributed by atoms with Gasteiger partial charge in [-0.2, -0.15) is 5.10 Å². The standard InChI is InChI=1S/C28H29N5O2S/c1-19-7-5-6-10-24(19)33-26-23(17-29-33)27(35)32-22(18-36-28(32)30-26)16-25(34)31-13-11-21(12-14-31)15-20-8-3-2-4-9-20/h2-10,17,21-22H,11-16,18H2,1H3. The van der Waals surface area contributed by atoms with Gasteiger partial charge in [-0.25, -0.2) is 9.67 Å². The summed E-state index contributed by atoms with van der Waals surface area (Å²) in [5.74, 6) is 1.43. The minimum absolute atomic E-state index is 0.112. The number of carbonyl (C=O) groups is 1. The highest BCUT2D eigenvalue weighted by Crippen LogP contribution is 2.34. The Hall–Kier alpha value is -3.39. The average Bonchev–Trinajstić information content (AvgIpc) is 3.50. The molecule has 2 aromatic carbocycles. The summed E-state index contributed by atoms with van der Waals surface area (Å²) >= 11 is 1.55. The van der Waals surface area contributed by atoms with Crippen LogP contribution in [-0.2, 0) is 11.2 Å². The van der Waals surface area contributed by atoms with E-state index in [0.717, 1.165) is 43.6 Å². The maximum absolute atomic E-state index is 13.5. The molecule has 1 atom stereocenters. The lowest BCUT2D eigenvalue weighted by molar-refractivity contribution is -0.133. The van der Waals surface area contributed by atoms with Crippen molar-refractivity contribution in [3.8, 4) is 5.69 Å². The first-order chi connectivity index (χ1) is 17.6. The van der Waals surface area contributed by atoms with E-state index < -0.39 is 0 Å². The number of nitrogens with zero attached hydrogens (tertiary/aromatic N) is 5. The summed E-state index contributed by atoms with van der Waals surface area (Å²) in [6.07, 6.45) is 5.06. The molecule has 36 heavy (non-hydrogen) atoms. The van der Waals surface area contributed by atoms with Crippen molar-refractivity contribution in [2.45, 2.75) is 43.8 Å². The first kappa shape index (κ1) is 23.0. The van der Waals surface area contributed by atoms with Crippen LogP contribution in [0.5, 0.6) is 0 Å². The highest BCUT2D eigenvalue weighted by Gasteiger charge is 2.32. The number of fused-ring (bicyclic) bond motifs is 2. The van der Waals surface area contributed by atoms with Gasteiger partial charge in [0.2, 0.25) is 5.91 Å². The Morgan fingerprint density at radius 2 is 1.81 bits per heavy atom. The van der Waals surface area contributed by atoms with Crippen LogP contribution in [-0.4, -0.2) is 49.0 Å². The Balaban J connectivity index is 1.16. The molecule has 1 saturated heterocycles. The van der Waals surface area contributed by atoms with Crippen LogP contribution in [0.1, 0.15) is 36.4 Å². The fraction of sp³-hybridized carbons (Fsp3) is 0.357. The summed E-state index contributed by atoms with van der Waals surface area (Å²) in [5.41, 5.74) is 3.80. The van der Waals surface area contributed by atoms with E-state index in [2.05, 4.69) is 29.4 Å². The minimum atomic E-state index is -0.175. The fourth-order valence-corrected chi connectivity index (χ4v) is 6.55. The minimum Gasteiger partial charge on any atom is -0.343 e. The Kier molecular flexibility index (Phi) is 6.13. The Morgan fingerprint density at radius 1 is 1.06 bits per heavy atom. The number of aromatic nitrogens is 4. The predicted molar refractivity (Wildman–Crippen MR) is 142 cm³/mol. The van der Waals surface area contributed by atoms with Crippen molar-refractivity contribution in [2.24, 2.45) is 5.92 Å². The van der Waals surface area contributed by atoms with Crippen LogP contribution >= 0.6 is 11.8 Å². The van der Waals surface area contributed by atoms with E-state index in [1.54, 1.807) is 27.2 Å². The molecule has 4 aromatic rings. The zero-order valence-corrected chi connectivity index (χ0v) is 21.2. The zero-order chi connectivity index (χ0) is 24.6. The number of rotatable bonds is 5. The number of piperidine rings is 1. The maximum atomic E-state index is 13.5. The van der Waals surface area contributed by atoms with Gasteiger partial charge in [-0.05, 0) is 49.3 Å². The molecule has 6 rings (SSSR count). The number of carbonyl (C=O) groups excluding carboxylic acids is 1. The molecule has 4 heterocycles. The third-order valence-corrected chi connectivity index (χ3v) is 8.56. The summed E-state index contributed by atoms with van der Waals surface area (Å²) in [6, 6.07) is 18.3. The van der Waals surface area contributed by atoms with Gasteiger partial charge in [-0.3, -0.25) is 14.2 Å². The maximum Gasteiger partial charge on any atom is 0.265 e. The van der Waals surface area contributed by atoms with Crippen LogP contribution in [0.2, 0.25) is 0 Å². The van der Waals surface area contributed by atoms with Crippen molar-refractivity contribution in [2.75, 3.05) is 18.8 Å². The molecule has 0 saturated carbocycles. The second-order valence-corrected chi connectivity index (χ2v) is 10.8. The normalized spacial score (nSPS) is 18.0. The molecular formula is C28H29N5O2S. The summed E-state index contributed by atoms with van der Waals surface area (Å²) in [7, 11) is 0. The van der Waals surface area contributed by atoms with Gasteiger partial charge < -0.3 is 4.90 Å². The van der Waals surface area contributed by atoms with E-state index in [-0.39, 0.29) is 17.5 Å². The van der Waals surface area contributed by atoms with E-state index >= 15 is 0 Å². The first-order valence-electron chi connectivity index (χ1n) is 12.6. The number of amides is 1. The third kappa shape index (κ3) is 4.23. The van der Waals surface area contributed by atoms with Crippen molar-refractivity contribution >= 4 is 28.7 Å². The van der Waals surface area contributed by atoms with Crippen LogP contribution in [0, 0.1) is 12.8 Å². The molecule has 0 spiro atoms. The van der Waals surface area contributed by atoms with Crippen molar-refractivity contribution < 1.29 is 4.79 Å². The third-order valence-electron chi connectivity index (χ3n) is 7.46. The van der Waals surface area contributed by atoms with E-state index in [1.165, 1.54) is 5.56 Å². The van der Waals surface area contributed by atoms with Gasteiger partial charge in [0.1, 0.15) is 5.39 Å². The zero-order valence-electron chi connectivity index (χ0n) is 20.3. The molecule has 0 aliphatic carbocycles. The number of aryl methyl sites for hydroxylation is 1. The smallest absolute Gasteiger partial charge is 0.265 e. The van der Waals surface area contributed by atoms with Gasteiger partial charge in [0.25, 0.3) is 5.56 Å². The SMILES string of the molecule is Cc1ccccc1-n1ncc2c(=O)n3c(nc21)SCC3CC(=O)N1CCC(Cc2ccccc2)CC1. The predicted octanol–water partition coefficient (Wildman–Crippen LogP) is 4.41. The summed E-state index contributed by atoms with van der Waals surface area (Å²) in [6.45, 7) is 3.60. The number of likely N-dealkylation sites (tertiary alicyclic amines) is 1. The lowest BCUT2D eigenvalue weighted by atomic mass is 9.90. The molecule has 0 bridgehead atoms. The molecule has 0 N–H and O–H groups in total. The van der Waals surface area contributed by atoms with E-state index in [1.807, 2.05) is 42.2 Å². The molecule has 184 valence electrons. The molecule has 7 nitrogen and oxygen atoms in total. The summed E-state index contributed by atoms with van der Waals surface area (Å²) in [4.78, 5) is 33.5. The number of hydrogen-bond acceptors (Lipinski definition) is 5. The molecule has 2 aliphatic rings. The second kappa shape index (κ2) is 9.58. The van der Waals surface area contributed by atoms with Crippen molar-refractivity contribution in [1.82, 2.24) is 24.2 Å². The Bertz CT molecular complexity index is 1470. The van der Waals surface area contributed by atoms with Crippen LogP contribution in [0.15, 0.2) is 70.7 Å². The van der Waals surface area contributed by atoms with Crippen LogP contribution in [0.25, 0.3) is 16.7 Å². The van der Waals surface area contributed by atoms with Crippen LogP contribution in [0.3, 0.4) is 0 Å². The van der Waals surface area contributed by atoms with E-state index in [0.29, 0.717) is 34.3 Å². The molecule has 8 heteroatoms. The van der Waals surface area contributed by atoms with Gasteiger partial charge in [-0.1, -0.05) is 60.3 Å². The molecule has 1 amide bonds. The molecule has 1 fully saturated rings. The summed E-state index contributed by atoms with van der Waals surface area (Å²) < 4.78 is 3.46. The largest absolute Gasteiger partial charge is 0.343 e. The summed E-state index contributed by atoms with van der Waals surface area (Å²) in [5, 5.41) is 5.64. The molecular weight excluding hydrogens is 470 g/mol. The topological polar surface area (TPSA) is 73.0 Å². The van der Waals surface area contributed by atoms with Gasteiger partial charge in [0, 0.05) is 25.3 Å². The number of para-hydroxylation sites is 1. The van der Waals surface area contributed by atoms with Crippen LogP contribution < -0.4 is 5.56 Å². The molecule has 2 aromatic heterocycles. The lowest BCUT2D eigenvalue weighted by Crippen LogP contribution is -2.40. The Morgan fingerprint density at radius 3 is 2.58 bits per heavy atom. The quantitative estimate of drug-likeness (QED) is 0.381. The lowest BCUT2D eigenvalue weighted by Gasteiger charge is -2.33. The number of hydrogen-bond donors (Lipinski definition) is 0. The second-order valence-electron chi connectivity index (χ2n) is 9.83. The Labute approximate surface area is 214 Å². The van der Waals surface area contributed by atoms with Gasteiger partial charge in [0.15, 0.2) is 10.8 Å². The monoisotopic (exact) mass is 499 g/mol. The van der Waals surface area contributed by atoms with Crippen molar-refractivity contribution in [3.05, 3.63) is 82.3 Å². The molecule has 0 radical (unpaired) electrons. The van der Waals surface area contributed by atoms with Gasteiger partial charge >= 0.3 is 0 Å². The highest BCUT2D eigenvalue weighted by atomic mass is 32.2. The highest BCUT2D eigenvalue weighted by molar-refractivity contribution is 7.99. The van der Waals surface area contributed by atoms with E-state index in [9.17, 15) is 9.59 Å². The van der Waals surface area contributed by atoms with E-state index in [4.69, 9.17) is 4.98 Å². The fourth-order valence-electron chi connectivity index (χ4n) is 5.42.